The maximum atomic E-state index is 13.2. The molecule has 0 radical (unpaired) electrons. The summed E-state index contributed by atoms with van der Waals surface area (Å²) in [7, 11) is 1.57. The van der Waals surface area contributed by atoms with Crippen molar-refractivity contribution in [2.75, 3.05) is 48.4 Å². The van der Waals surface area contributed by atoms with Gasteiger partial charge in [0.1, 0.15) is 23.1 Å². The number of urea groups is 1. The number of aryl methyl sites for hydroxylation is 1. The summed E-state index contributed by atoms with van der Waals surface area (Å²) in [5.41, 5.74) is 3.49. The van der Waals surface area contributed by atoms with E-state index in [4.69, 9.17) is 4.74 Å². The van der Waals surface area contributed by atoms with E-state index in [1.807, 2.05) is 6.92 Å². The van der Waals surface area contributed by atoms with Gasteiger partial charge >= 0.3 is 6.03 Å². The van der Waals surface area contributed by atoms with Crippen LogP contribution in [-0.2, 0) is 6.42 Å². The largest absolute Gasteiger partial charge is 0.494 e. The van der Waals surface area contributed by atoms with Gasteiger partial charge in [-0.25, -0.2) is 19.3 Å². The van der Waals surface area contributed by atoms with Gasteiger partial charge in [0, 0.05) is 55.7 Å². The number of carbonyl (C=O) groups excluding carboxylic acids is 1. The Morgan fingerprint density at radius 3 is 3.03 bits per heavy atom. The second-order valence-electron chi connectivity index (χ2n) is 7.98. The van der Waals surface area contributed by atoms with Crippen LogP contribution in [0.1, 0.15) is 18.3 Å². The van der Waals surface area contributed by atoms with Gasteiger partial charge < -0.3 is 20.3 Å². The maximum Gasteiger partial charge on any atom is 0.327 e. The van der Waals surface area contributed by atoms with E-state index in [0.717, 1.165) is 37.4 Å². The van der Waals surface area contributed by atoms with Crippen LogP contribution < -0.4 is 25.2 Å². The molecule has 10 nitrogen and oxygen atoms in total. The highest BCUT2D eigenvalue weighted by molar-refractivity contribution is 6.03. The molecule has 162 valence electrons. The normalized spacial score (nSPS) is 18.4. The Hall–Kier alpha value is -3.40. The molecule has 2 amide bonds. The molecule has 2 N–H and O–H groups in total. The van der Waals surface area contributed by atoms with Crippen molar-refractivity contribution in [3.63, 3.8) is 0 Å². The van der Waals surface area contributed by atoms with E-state index in [9.17, 15) is 4.79 Å². The number of hydrogen-bond donors (Lipinski definition) is 2. The van der Waals surface area contributed by atoms with Crippen LogP contribution in [0.15, 0.2) is 24.5 Å². The Morgan fingerprint density at radius 2 is 2.23 bits per heavy atom. The first-order chi connectivity index (χ1) is 15.0. The Bertz CT molecular complexity index is 1140. The molecule has 1 atom stereocenters. The first-order valence-electron chi connectivity index (χ1n) is 10.5. The van der Waals surface area contributed by atoms with Gasteiger partial charge in [-0.1, -0.05) is 0 Å². The highest BCUT2D eigenvalue weighted by Gasteiger charge is 2.31. The van der Waals surface area contributed by atoms with E-state index < -0.39 is 0 Å². The van der Waals surface area contributed by atoms with Crippen molar-refractivity contribution in [1.82, 2.24) is 24.9 Å². The van der Waals surface area contributed by atoms with E-state index >= 15 is 0 Å². The molecule has 0 aromatic carbocycles. The molecule has 1 fully saturated rings. The number of carbonyl (C=O) groups is 1. The Morgan fingerprint density at radius 1 is 1.35 bits per heavy atom. The fraction of sp³-hybridized carbons (Fsp3) is 0.429. The van der Waals surface area contributed by atoms with Crippen molar-refractivity contribution in [3.05, 3.63) is 35.9 Å². The minimum absolute atomic E-state index is 0.244. The highest BCUT2D eigenvalue weighted by atomic mass is 16.5. The van der Waals surface area contributed by atoms with Crippen LogP contribution in [0.4, 0.5) is 22.0 Å². The number of anilines is 3. The number of methoxy groups -OCH3 is 1. The monoisotopic (exact) mass is 422 g/mol. The third-order valence-electron chi connectivity index (χ3n) is 5.81. The van der Waals surface area contributed by atoms with Gasteiger partial charge in [-0.05, 0) is 26.3 Å². The summed E-state index contributed by atoms with van der Waals surface area (Å²) in [6.07, 6.45) is 4.29. The zero-order chi connectivity index (χ0) is 21.5. The molecule has 31 heavy (non-hydrogen) atoms. The number of nitrogens with zero attached hydrogens (tertiary/aromatic N) is 6. The lowest BCUT2D eigenvalue weighted by Gasteiger charge is -2.34. The van der Waals surface area contributed by atoms with E-state index in [1.54, 1.807) is 35.0 Å². The molecule has 3 aromatic rings. The van der Waals surface area contributed by atoms with Gasteiger partial charge in [0.25, 0.3) is 0 Å². The quantitative estimate of drug-likeness (QED) is 0.664. The topological polar surface area (TPSA) is 99.9 Å². The number of fused-ring (bicyclic) bond motifs is 2. The second kappa shape index (κ2) is 7.69. The molecular weight excluding hydrogens is 396 g/mol. The maximum absolute atomic E-state index is 13.2. The van der Waals surface area contributed by atoms with E-state index in [2.05, 4.69) is 43.6 Å². The van der Waals surface area contributed by atoms with Crippen LogP contribution in [0.5, 0.6) is 5.75 Å². The molecule has 5 heterocycles. The number of nitrogens with one attached hydrogen (secondary N) is 2. The Balaban J connectivity index is 1.41. The standard InChI is InChI=1S/C21H26N8O2/c1-13-11-27(9-7-22-13)17-4-6-23-20-15(17)5-8-28(20)21(30)25-16-12-29-19(10-18(16)31-3)24-14(2)26-29/h4,6,10,12-13,22H,5,7-9,11H2,1-3H3,(H,25,30)/t13-/m1/s1. The fourth-order valence-corrected chi connectivity index (χ4v) is 4.38. The predicted octanol–water partition coefficient (Wildman–Crippen LogP) is 1.83. The van der Waals surface area contributed by atoms with Gasteiger partial charge in [0.2, 0.25) is 0 Å². The van der Waals surface area contributed by atoms with Gasteiger partial charge in [0.05, 0.1) is 13.3 Å². The number of piperazine rings is 1. The highest BCUT2D eigenvalue weighted by Crippen LogP contribution is 2.35. The van der Waals surface area contributed by atoms with Crippen LogP contribution in [0, 0.1) is 6.92 Å². The molecule has 0 saturated carbocycles. The fourth-order valence-electron chi connectivity index (χ4n) is 4.38. The molecule has 1 saturated heterocycles. The lowest BCUT2D eigenvalue weighted by molar-refractivity contribution is 0.257. The minimum Gasteiger partial charge on any atom is -0.494 e. The Kier molecular flexibility index (Phi) is 4.85. The van der Waals surface area contributed by atoms with Gasteiger partial charge in [-0.3, -0.25) is 4.90 Å². The molecule has 0 unspecified atom stereocenters. The molecule has 10 heteroatoms. The minimum atomic E-state index is -0.244. The van der Waals surface area contributed by atoms with Crippen molar-refractivity contribution in [2.24, 2.45) is 0 Å². The summed E-state index contributed by atoms with van der Waals surface area (Å²) in [5.74, 6) is 1.90. The summed E-state index contributed by atoms with van der Waals surface area (Å²) >= 11 is 0. The zero-order valence-electron chi connectivity index (χ0n) is 17.9. The number of hydrogen-bond acceptors (Lipinski definition) is 7. The number of rotatable bonds is 3. The van der Waals surface area contributed by atoms with Gasteiger partial charge in [-0.15, -0.1) is 0 Å². The zero-order valence-corrected chi connectivity index (χ0v) is 17.9. The SMILES string of the molecule is COc1cc2nc(C)nn2cc1NC(=O)N1CCc2c(N3CCN[C@H](C)C3)ccnc21. The smallest absolute Gasteiger partial charge is 0.327 e. The lowest BCUT2D eigenvalue weighted by Crippen LogP contribution is -2.49. The van der Waals surface area contributed by atoms with Crippen LogP contribution in [0.25, 0.3) is 5.65 Å². The van der Waals surface area contributed by atoms with Gasteiger partial charge in [-0.2, -0.15) is 5.10 Å². The summed E-state index contributed by atoms with van der Waals surface area (Å²) in [4.78, 5) is 26.1. The summed E-state index contributed by atoms with van der Waals surface area (Å²) < 4.78 is 7.09. The van der Waals surface area contributed by atoms with Crippen molar-refractivity contribution in [1.29, 1.82) is 0 Å². The number of aromatic nitrogens is 4. The van der Waals surface area contributed by atoms with Crippen molar-refractivity contribution < 1.29 is 9.53 Å². The molecular formula is C21H26N8O2. The van der Waals surface area contributed by atoms with Crippen LogP contribution in [-0.4, -0.2) is 64.9 Å². The first kappa shape index (κ1) is 19.6. The van der Waals surface area contributed by atoms with E-state index in [1.165, 1.54) is 5.69 Å². The molecule has 2 aliphatic rings. The second-order valence-corrected chi connectivity index (χ2v) is 7.98. The number of ether oxygens (including phenoxy) is 1. The predicted molar refractivity (Wildman–Crippen MR) is 118 cm³/mol. The third kappa shape index (κ3) is 3.52. The summed E-state index contributed by atoms with van der Waals surface area (Å²) in [5, 5.41) is 10.8. The number of pyridine rings is 2. The average Bonchev–Trinajstić information content (AvgIpc) is 3.35. The lowest BCUT2D eigenvalue weighted by atomic mass is 10.1. The van der Waals surface area contributed by atoms with Gasteiger partial charge in [0.15, 0.2) is 5.65 Å². The molecule has 2 aliphatic heterocycles. The molecule has 5 rings (SSSR count). The van der Waals surface area contributed by atoms with E-state index in [-0.39, 0.29) is 6.03 Å². The van der Waals surface area contributed by atoms with Crippen molar-refractivity contribution in [2.45, 2.75) is 26.3 Å². The van der Waals surface area contributed by atoms with Crippen molar-refractivity contribution >= 4 is 28.9 Å². The number of amides is 2. The van der Waals surface area contributed by atoms with Crippen LogP contribution in [0.3, 0.4) is 0 Å². The summed E-state index contributed by atoms with van der Waals surface area (Å²) in [6, 6.07) is 4.00. The van der Waals surface area contributed by atoms with Crippen LogP contribution in [0.2, 0.25) is 0 Å². The Labute approximate surface area is 180 Å². The first-order valence-corrected chi connectivity index (χ1v) is 10.5. The molecule has 0 spiro atoms. The van der Waals surface area contributed by atoms with Crippen LogP contribution >= 0.6 is 0 Å². The average molecular weight is 422 g/mol. The summed E-state index contributed by atoms with van der Waals surface area (Å²) in [6.45, 7) is 7.43. The van der Waals surface area contributed by atoms with E-state index in [0.29, 0.717) is 35.5 Å². The molecule has 3 aromatic heterocycles. The molecule has 0 bridgehead atoms. The molecule has 0 aliphatic carbocycles. The third-order valence-corrected chi connectivity index (χ3v) is 5.81. The van der Waals surface area contributed by atoms with Crippen molar-refractivity contribution in [3.8, 4) is 5.75 Å².